The van der Waals surface area contributed by atoms with Gasteiger partial charge >= 0.3 is 0 Å². The van der Waals surface area contributed by atoms with Crippen LogP contribution < -0.4 is 10.1 Å². The first kappa shape index (κ1) is 22.4. The third-order valence-corrected chi connectivity index (χ3v) is 6.50. The first-order chi connectivity index (χ1) is 14.0. The van der Waals surface area contributed by atoms with Gasteiger partial charge in [-0.3, -0.25) is 4.90 Å². The summed E-state index contributed by atoms with van der Waals surface area (Å²) in [6, 6.07) is 9.92. The minimum absolute atomic E-state index is 0.209. The van der Waals surface area contributed by atoms with E-state index in [1.807, 2.05) is 31.2 Å². The smallest absolute Gasteiger partial charge is 0.125 e. The molecule has 158 valence electrons. The summed E-state index contributed by atoms with van der Waals surface area (Å²) in [7, 11) is 1.69. The predicted octanol–water partition coefficient (Wildman–Crippen LogP) is 5.68. The van der Waals surface area contributed by atoms with Crippen molar-refractivity contribution in [1.29, 1.82) is 0 Å². The van der Waals surface area contributed by atoms with Crippen LogP contribution in [0.2, 0.25) is 5.02 Å². The van der Waals surface area contributed by atoms with E-state index in [4.69, 9.17) is 16.3 Å². The Labute approximate surface area is 187 Å². The summed E-state index contributed by atoms with van der Waals surface area (Å²) >= 11 is 10.3. The van der Waals surface area contributed by atoms with Crippen molar-refractivity contribution in [1.82, 2.24) is 10.2 Å². The largest absolute Gasteiger partial charge is 0.507 e. The van der Waals surface area contributed by atoms with Crippen LogP contribution in [0.15, 0.2) is 34.8 Å². The lowest BCUT2D eigenvalue weighted by molar-refractivity contribution is 0.127. The van der Waals surface area contributed by atoms with Gasteiger partial charge in [0, 0.05) is 33.2 Å². The summed E-state index contributed by atoms with van der Waals surface area (Å²) in [5.41, 5.74) is 2.58. The lowest BCUT2D eigenvalue weighted by Crippen LogP contribution is -2.48. The van der Waals surface area contributed by atoms with Gasteiger partial charge in [0.2, 0.25) is 0 Å². The maximum absolute atomic E-state index is 11.1. The molecule has 0 spiro atoms. The van der Waals surface area contributed by atoms with Crippen LogP contribution in [-0.4, -0.2) is 42.8 Å². The second kappa shape index (κ2) is 10.2. The Morgan fingerprint density at radius 1 is 1.34 bits per heavy atom. The second-order valence-electron chi connectivity index (χ2n) is 7.65. The number of rotatable bonds is 7. The molecule has 1 aliphatic rings. The summed E-state index contributed by atoms with van der Waals surface area (Å²) in [5.74, 6) is 1.05. The molecule has 1 heterocycles. The summed E-state index contributed by atoms with van der Waals surface area (Å²) in [6.07, 6.45) is 3.26. The molecule has 0 bridgehead atoms. The van der Waals surface area contributed by atoms with Gasteiger partial charge in [0.25, 0.3) is 0 Å². The molecule has 0 saturated carbocycles. The maximum atomic E-state index is 11.1. The van der Waals surface area contributed by atoms with Crippen LogP contribution in [0.25, 0.3) is 0 Å². The van der Waals surface area contributed by atoms with Crippen LogP contribution in [0.1, 0.15) is 48.9 Å². The number of methoxy groups -OCH3 is 1. The lowest BCUT2D eigenvalue weighted by Gasteiger charge is -2.41. The van der Waals surface area contributed by atoms with Gasteiger partial charge in [-0.2, -0.15) is 0 Å². The third kappa shape index (κ3) is 4.91. The second-order valence-corrected chi connectivity index (χ2v) is 8.98. The highest BCUT2D eigenvalue weighted by Crippen LogP contribution is 2.45. The van der Waals surface area contributed by atoms with Crippen LogP contribution in [0.3, 0.4) is 0 Å². The monoisotopic (exact) mass is 480 g/mol. The fourth-order valence-corrected chi connectivity index (χ4v) is 4.90. The Hall–Kier alpha value is -1.27. The Morgan fingerprint density at radius 3 is 2.79 bits per heavy atom. The van der Waals surface area contributed by atoms with E-state index in [1.165, 1.54) is 0 Å². The number of hydrogen-bond donors (Lipinski definition) is 2. The van der Waals surface area contributed by atoms with Gasteiger partial charge in [-0.05, 0) is 69.1 Å². The third-order valence-electron chi connectivity index (χ3n) is 5.68. The van der Waals surface area contributed by atoms with Crippen molar-refractivity contribution < 1.29 is 9.84 Å². The van der Waals surface area contributed by atoms with Gasteiger partial charge in [-0.15, -0.1) is 0 Å². The highest BCUT2D eigenvalue weighted by molar-refractivity contribution is 9.10. The van der Waals surface area contributed by atoms with Gasteiger partial charge < -0.3 is 15.2 Å². The molecule has 2 aromatic carbocycles. The molecule has 1 aliphatic heterocycles. The fraction of sp³-hybridized carbons (Fsp3) is 0.478. The lowest BCUT2D eigenvalue weighted by atomic mass is 9.91. The highest BCUT2D eigenvalue weighted by atomic mass is 79.9. The van der Waals surface area contributed by atoms with Crippen LogP contribution in [0.4, 0.5) is 0 Å². The summed E-state index contributed by atoms with van der Waals surface area (Å²) in [6.45, 7) is 6.98. The van der Waals surface area contributed by atoms with E-state index < -0.39 is 0 Å². The first-order valence-corrected chi connectivity index (χ1v) is 11.4. The van der Waals surface area contributed by atoms with Crippen molar-refractivity contribution in [2.75, 3.05) is 26.7 Å². The Bertz CT molecular complexity index is 840. The van der Waals surface area contributed by atoms with Crippen LogP contribution in [0, 0.1) is 6.92 Å². The van der Waals surface area contributed by atoms with E-state index in [-0.39, 0.29) is 11.8 Å². The molecular weight excluding hydrogens is 452 g/mol. The summed E-state index contributed by atoms with van der Waals surface area (Å²) < 4.78 is 6.71. The number of ether oxygens (including phenoxy) is 1. The maximum Gasteiger partial charge on any atom is 0.125 e. The van der Waals surface area contributed by atoms with E-state index in [1.54, 1.807) is 7.11 Å². The number of hydrogen-bond acceptors (Lipinski definition) is 4. The average Bonchev–Trinajstić information content (AvgIpc) is 2.73. The molecule has 2 N–H and O–H groups in total. The van der Waals surface area contributed by atoms with Crippen molar-refractivity contribution >= 4 is 27.5 Å². The quantitative estimate of drug-likeness (QED) is 0.534. The number of benzene rings is 2. The van der Waals surface area contributed by atoms with Crippen molar-refractivity contribution in [2.24, 2.45) is 0 Å². The number of piperidine rings is 1. The number of aryl methyl sites for hydroxylation is 1. The number of phenolic OH excluding ortho intramolecular Hbond substituents is 1. The molecule has 2 unspecified atom stereocenters. The van der Waals surface area contributed by atoms with Gasteiger partial charge in [0.15, 0.2) is 0 Å². The van der Waals surface area contributed by atoms with Crippen LogP contribution in [-0.2, 0) is 0 Å². The van der Waals surface area contributed by atoms with E-state index in [0.29, 0.717) is 11.1 Å². The Balaban J connectivity index is 2.24. The first-order valence-electron chi connectivity index (χ1n) is 10.3. The number of nitrogens with zero attached hydrogens (tertiary/aromatic N) is 1. The summed E-state index contributed by atoms with van der Waals surface area (Å²) in [5, 5.41) is 15.2. The topological polar surface area (TPSA) is 44.7 Å². The Kier molecular flexibility index (Phi) is 7.85. The predicted molar refractivity (Wildman–Crippen MR) is 123 cm³/mol. The van der Waals surface area contributed by atoms with E-state index >= 15 is 0 Å². The fourth-order valence-electron chi connectivity index (χ4n) is 4.27. The van der Waals surface area contributed by atoms with Crippen LogP contribution >= 0.6 is 27.5 Å². The SMILES string of the molecule is CCCN(C1CCCNC1)C(c1cc(Br)ccc1OC)c1c(Cl)ccc(C)c1O. The molecule has 1 saturated heterocycles. The number of halogens is 2. The average molecular weight is 482 g/mol. The minimum Gasteiger partial charge on any atom is -0.507 e. The molecule has 0 amide bonds. The zero-order valence-corrected chi connectivity index (χ0v) is 19.7. The minimum atomic E-state index is -0.209. The highest BCUT2D eigenvalue weighted by Gasteiger charge is 2.34. The van der Waals surface area contributed by atoms with Gasteiger partial charge in [0.1, 0.15) is 11.5 Å². The molecule has 1 fully saturated rings. The molecule has 6 heteroatoms. The molecule has 0 aromatic heterocycles. The van der Waals surface area contributed by atoms with Crippen LogP contribution in [0.5, 0.6) is 11.5 Å². The van der Waals surface area contributed by atoms with Crippen molar-refractivity contribution in [3.8, 4) is 11.5 Å². The molecule has 3 rings (SSSR count). The number of nitrogens with one attached hydrogen (secondary N) is 1. The molecule has 29 heavy (non-hydrogen) atoms. The van der Waals surface area contributed by atoms with E-state index in [9.17, 15) is 5.11 Å². The van der Waals surface area contributed by atoms with E-state index in [2.05, 4.69) is 39.1 Å². The zero-order valence-electron chi connectivity index (χ0n) is 17.3. The van der Waals surface area contributed by atoms with Gasteiger partial charge in [-0.25, -0.2) is 0 Å². The van der Waals surface area contributed by atoms with Gasteiger partial charge in [-0.1, -0.05) is 40.5 Å². The molecular formula is C23H30BrClN2O2. The summed E-state index contributed by atoms with van der Waals surface area (Å²) in [4.78, 5) is 2.48. The standard InChI is InChI=1S/C23H30BrClN2O2/c1-4-12-27(17-6-5-11-26-14-17)22(18-13-16(24)8-10-20(18)29-3)21-19(25)9-7-15(2)23(21)28/h7-10,13,17,22,26,28H,4-6,11-12,14H2,1-3H3. The Morgan fingerprint density at radius 2 is 2.14 bits per heavy atom. The molecule has 2 aromatic rings. The molecule has 4 nitrogen and oxygen atoms in total. The van der Waals surface area contributed by atoms with Crippen molar-refractivity contribution in [3.63, 3.8) is 0 Å². The van der Waals surface area contributed by atoms with Gasteiger partial charge in [0.05, 0.1) is 13.2 Å². The van der Waals surface area contributed by atoms with Crippen molar-refractivity contribution in [3.05, 3.63) is 56.5 Å². The molecule has 2 atom stereocenters. The normalized spacial score (nSPS) is 18.1. The zero-order chi connectivity index (χ0) is 21.0. The molecule has 0 radical (unpaired) electrons. The number of aromatic hydroxyl groups is 1. The van der Waals surface area contributed by atoms with Crippen molar-refractivity contribution in [2.45, 2.75) is 45.2 Å². The molecule has 0 aliphatic carbocycles. The number of phenols is 1. The van der Waals surface area contributed by atoms with E-state index in [0.717, 1.165) is 65.8 Å².